The summed E-state index contributed by atoms with van der Waals surface area (Å²) in [6, 6.07) is 9.14. The number of amides is 1. The average molecular weight is 302 g/mol. The summed E-state index contributed by atoms with van der Waals surface area (Å²) in [5.74, 6) is -0.894. The Bertz CT molecular complexity index is 833. The van der Waals surface area contributed by atoms with E-state index in [1.54, 1.807) is 24.4 Å². The molecule has 1 N–H and O–H groups in total. The fourth-order valence-electron chi connectivity index (χ4n) is 1.95. The van der Waals surface area contributed by atoms with Crippen molar-refractivity contribution in [3.63, 3.8) is 0 Å². The van der Waals surface area contributed by atoms with Gasteiger partial charge in [-0.25, -0.2) is 4.39 Å². The minimum atomic E-state index is -0.536. The monoisotopic (exact) mass is 301 g/mol. The van der Waals surface area contributed by atoms with Crippen LogP contribution in [-0.4, -0.2) is 15.9 Å². The lowest BCUT2D eigenvalue weighted by atomic mass is 10.1. The number of rotatable bonds is 2. The fourth-order valence-corrected chi connectivity index (χ4v) is 2.13. The van der Waals surface area contributed by atoms with Gasteiger partial charge in [-0.2, -0.15) is 0 Å². The highest BCUT2D eigenvalue weighted by Gasteiger charge is 2.12. The number of anilines is 1. The van der Waals surface area contributed by atoms with E-state index in [2.05, 4.69) is 15.3 Å². The summed E-state index contributed by atoms with van der Waals surface area (Å²) in [4.78, 5) is 20.6. The van der Waals surface area contributed by atoms with Crippen LogP contribution in [0, 0.1) is 5.82 Å². The molecule has 0 aliphatic carbocycles. The summed E-state index contributed by atoms with van der Waals surface area (Å²) < 4.78 is 13.1. The van der Waals surface area contributed by atoms with Gasteiger partial charge in [0.2, 0.25) is 0 Å². The highest BCUT2D eigenvalue weighted by atomic mass is 35.5. The summed E-state index contributed by atoms with van der Waals surface area (Å²) in [5, 5.41) is 2.61. The summed E-state index contributed by atoms with van der Waals surface area (Å²) in [6.07, 6.45) is 3.08. The fraction of sp³-hybridized carbons (Fsp3) is 0. The van der Waals surface area contributed by atoms with Crippen molar-refractivity contribution in [2.45, 2.75) is 0 Å². The van der Waals surface area contributed by atoms with E-state index in [1.807, 2.05) is 0 Å². The second-order valence-corrected chi connectivity index (χ2v) is 4.72. The number of benzene rings is 2. The van der Waals surface area contributed by atoms with Crippen LogP contribution in [0.25, 0.3) is 11.0 Å². The first-order valence-electron chi connectivity index (χ1n) is 6.11. The SMILES string of the molecule is O=C(Nc1ccc(F)c(Cl)c1)c1cccc2nccnc12. The molecule has 0 fully saturated rings. The first-order valence-corrected chi connectivity index (χ1v) is 6.49. The molecular weight excluding hydrogens is 293 g/mol. The van der Waals surface area contributed by atoms with Gasteiger partial charge in [0.25, 0.3) is 5.91 Å². The summed E-state index contributed by atoms with van der Waals surface area (Å²) >= 11 is 5.69. The maximum Gasteiger partial charge on any atom is 0.257 e. The molecule has 0 unspecified atom stereocenters. The van der Waals surface area contributed by atoms with Gasteiger partial charge >= 0.3 is 0 Å². The lowest BCUT2D eigenvalue weighted by molar-refractivity contribution is 0.102. The first kappa shape index (κ1) is 13.5. The van der Waals surface area contributed by atoms with Crippen molar-refractivity contribution < 1.29 is 9.18 Å². The van der Waals surface area contributed by atoms with Gasteiger partial charge in [-0.3, -0.25) is 14.8 Å². The van der Waals surface area contributed by atoms with Crippen LogP contribution in [0.2, 0.25) is 5.02 Å². The normalized spacial score (nSPS) is 10.6. The van der Waals surface area contributed by atoms with Gasteiger partial charge in [-0.05, 0) is 30.3 Å². The van der Waals surface area contributed by atoms with E-state index in [0.717, 1.165) is 0 Å². The van der Waals surface area contributed by atoms with E-state index in [0.29, 0.717) is 22.3 Å². The highest BCUT2D eigenvalue weighted by Crippen LogP contribution is 2.21. The van der Waals surface area contributed by atoms with E-state index in [4.69, 9.17) is 11.6 Å². The Kier molecular flexibility index (Phi) is 3.50. The molecule has 1 amide bonds. The number of aromatic nitrogens is 2. The van der Waals surface area contributed by atoms with Gasteiger partial charge in [0.15, 0.2) is 0 Å². The second-order valence-electron chi connectivity index (χ2n) is 4.31. The van der Waals surface area contributed by atoms with Crippen molar-refractivity contribution in [3.05, 3.63) is 65.2 Å². The zero-order chi connectivity index (χ0) is 14.8. The molecule has 0 aliphatic rings. The molecule has 2 aromatic carbocycles. The Balaban J connectivity index is 1.95. The van der Waals surface area contributed by atoms with Crippen LogP contribution in [0.3, 0.4) is 0 Å². The smallest absolute Gasteiger partial charge is 0.257 e. The number of carbonyl (C=O) groups is 1. The molecule has 0 radical (unpaired) electrons. The van der Waals surface area contributed by atoms with Crippen molar-refractivity contribution in [2.24, 2.45) is 0 Å². The van der Waals surface area contributed by atoms with E-state index >= 15 is 0 Å². The van der Waals surface area contributed by atoms with E-state index in [-0.39, 0.29) is 10.9 Å². The molecule has 3 rings (SSSR count). The Morgan fingerprint density at radius 2 is 1.95 bits per heavy atom. The van der Waals surface area contributed by atoms with Gasteiger partial charge in [0.1, 0.15) is 11.3 Å². The van der Waals surface area contributed by atoms with Gasteiger partial charge < -0.3 is 5.32 Å². The van der Waals surface area contributed by atoms with E-state index in [1.165, 1.54) is 24.4 Å². The summed E-state index contributed by atoms with van der Waals surface area (Å²) in [5.41, 5.74) is 1.93. The number of fused-ring (bicyclic) bond motifs is 1. The number of halogens is 2. The summed E-state index contributed by atoms with van der Waals surface area (Å²) in [6.45, 7) is 0. The van der Waals surface area contributed by atoms with Crippen molar-refractivity contribution >= 4 is 34.2 Å². The van der Waals surface area contributed by atoms with Crippen molar-refractivity contribution in [2.75, 3.05) is 5.32 Å². The maximum atomic E-state index is 13.1. The third kappa shape index (κ3) is 2.68. The van der Waals surface area contributed by atoms with Crippen LogP contribution in [0.1, 0.15) is 10.4 Å². The topological polar surface area (TPSA) is 54.9 Å². The molecule has 21 heavy (non-hydrogen) atoms. The number of nitrogens with one attached hydrogen (secondary N) is 1. The molecule has 4 nitrogen and oxygen atoms in total. The third-order valence-electron chi connectivity index (χ3n) is 2.92. The van der Waals surface area contributed by atoms with Gasteiger partial charge in [-0.1, -0.05) is 17.7 Å². The molecular formula is C15H9ClFN3O. The predicted octanol–water partition coefficient (Wildman–Crippen LogP) is 3.67. The molecule has 6 heteroatoms. The molecule has 1 heterocycles. The highest BCUT2D eigenvalue weighted by molar-refractivity contribution is 6.31. The number of hydrogen-bond acceptors (Lipinski definition) is 3. The zero-order valence-electron chi connectivity index (χ0n) is 10.7. The lowest BCUT2D eigenvalue weighted by Crippen LogP contribution is -2.13. The predicted molar refractivity (Wildman–Crippen MR) is 78.9 cm³/mol. The first-order chi connectivity index (χ1) is 10.1. The summed E-state index contributed by atoms with van der Waals surface area (Å²) in [7, 11) is 0. The van der Waals surface area contributed by atoms with Crippen LogP contribution < -0.4 is 5.32 Å². The molecule has 3 aromatic rings. The molecule has 0 bridgehead atoms. The number of nitrogens with zero attached hydrogens (tertiary/aromatic N) is 2. The molecule has 1 aromatic heterocycles. The number of carbonyl (C=O) groups excluding carboxylic acids is 1. The van der Waals surface area contributed by atoms with Gasteiger partial charge in [0, 0.05) is 18.1 Å². The van der Waals surface area contributed by atoms with Crippen molar-refractivity contribution in [1.82, 2.24) is 9.97 Å². The van der Waals surface area contributed by atoms with Gasteiger partial charge in [0.05, 0.1) is 16.1 Å². The zero-order valence-corrected chi connectivity index (χ0v) is 11.4. The number of para-hydroxylation sites is 1. The second kappa shape index (κ2) is 5.46. The lowest BCUT2D eigenvalue weighted by Gasteiger charge is -2.07. The standard InChI is InChI=1S/C15H9ClFN3O/c16-11-8-9(4-5-12(11)17)20-15(21)10-2-1-3-13-14(10)19-7-6-18-13/h1-8H,(H,20,21). The van der Waals surface area contributed by atoms with Crippen LogP contribution in [-0.2, 0) is 0 Å². The molecule has 0 atom stereocenters. The van der Waals surface area contributed by atoms with Crippen LogP contribution in [0.5, 0.6) is 0 Å². The minimum absolute atomic E-state index is 0.0505. The molecule has 0 aliphatic heterocycles. The molecule has 0 saturated carbocycles. The Labute approximate surface area is 124 Å². The molecule has 0 saturated heterocycles. The molecule has 0 spiro atoms. The van der Waals surface area contributed by atoms with Crippen LogP contribution >= 0.6 is 11.6 Å². The van der Waals surface area contributed by atoms with Crippen LogP contribution in [0.15, 0.2) is 48.8 Å². The molecule has 104 valence electrons. The van der Waals surface area contributed by atoms with Gasteiger partial charge in [-0.15, -0.1) is 0 Å². The Morgan fingerprint density at radius 3 is 2.76 bits per heavy atom. The largest absolute Gasteiger partial charge is 0.322 e. The van der Waals surface area contributed by atoms with E-state index < -0.39 is 5.82 Å². The third-order valence-corrected chi connectivity index (χ3v) is 3.21. The van der Waals surface area contributed by atoms with Crippen molar-refractivity contribution in [3.8, 4) is 0 Å². The van der Waals surface area contributed by atoms with E-state index in [9.17, 15) is 9.18 Å². The Hall–Kier alpha value is -2.53. The Morgan fingerprint density at radius 1 is 1.14 bits per heavy atom. The van der Waals surface area contributed by atoms with Crippen molar-refractivity contribution in [1.29, 1.82) is 0 Å². The maximum absolute atomic E-state index is 13.1. The van der Waals surface area contributed by atoms with Crippen LogP contribution in [0.4, 0.5) is 10.1 Å². The minimum Gasteiger partial charge on any atom is -0.322 e. The number of hydrogen-bond donors (Lipinski definition) is 1. The average Bonchev–Trinajstić information content (AvgIpc) is 2.50. The quantitative estimate of drug-likeness (QED) is 0.785.